The first-order valence-electron chi connectivity index (χ1n) is 22.4. The molecular formula is C51H54IrN2OSi-2. The van der Waals surface area contributed by atoms with Crippen LogP contribution >= 0.6 is 0 Å². The molecule has 3 aromatic heterocycles. The van der Waals surface area contributed by atoms with Crippen LogP contribution in [0.5, 0.6) is 0 Å². The van der Waals surface area contributed by atoms with Crippen LogP contribution in [-0.2, 0) is 26.5 Å². The van der Waals surface area contributed by atoms with Gasteiger partial charge in [-0.25, -0.2) is 0 Å². The van der Waals surface area contributed by atoms with Gasteiger partial charge in [-0.1, -0.05) is 152 Å². The van der Waals surface area contributed by atoms with Crippen LogP contribution < -0.4 is 5.19 Å². The molecular weight excluding hydrogens is 877 g/mol. The van der Waals surface area contributed by atoms with E-state index in [4.69, 9.17) is 14.0 Å². The van der Waals surface area contributed by atoms with Crippen molar-refractivity contribution in [2.75, 3.05) is 0 Å². The molecule has 0 unspecified atom stereocenters. The summed E-state index contributed by atoms with van der Waals surface area (Å²) in [5, 5.41) is 7.29. The van der Waals surface area contributed by atoms with Gasteiger partial charge < -0.3 is 14.4 Å². The molecule has 1 radical (unpaired) electrons. The van der Waals surface area contributed by atoms with Crippen molar-refractivity contribution in [2.24, 2.45) is 5.41 Å². The van der Waals surface area contributed by atoms with E-state index in [1.54, 1.807) is 24.4 Å². The fourth-order valence-corrected chi connectivity index (χ4v) is 8.67. The molecule has 8 aromatic rings. The van der Waals surface area contributed by atoms with Crippen molar-refractivity contribution < 1.29 is 34.1 Å². The second-order valence-corrected chi connectivity index (χ2v) is 21.9. The minimum Gasteiger partial charge on any atom is -0.501 e. The van der Waals surface area contributed by atoms with E-state index in [9.17, 15) is 0 Å². The van der Waals surface area contributed by atoms with Gasteiger partial charge in [0, 0.05) is 47.5 Å². The first-order chi connectivity index (χ1) is 28.7. The molecule has 0 atom stereocenters. The van der Waals surface area contributed by atoms with Gasteiger partial charge in [0.05, 0.1) is 13.7 Å². The van der Waals surface area contributed by atoms with Crippen molar-refractivity contribution in [1.29, 1.82) is 0 Å². The quantitative estimate of drug-likeness (QED) is 0.0947. The topological polar surface area (TPSA) is 38.9 Å². The van der Waals surface area contributed by atoms with Gasteiger partial charge in [-0.15, -0.1) is 53.1 Å². The summed E-state index contributed by atoms with van der Waals surface area (Å²) in [7, 11) is -1.61. The van der Waals surface area contributed by atoms with Gasteiger partial charge in [-0.2, -0.15) is 0 Å². The Morgan fingerprint density at radius 1 is 0.804 bits per heavy atom. The fraction of sp³-hybridized carbons (Fsp3) is 0.294. The Bertz CT molecular complexity index is 2970. The van der Waals surface area contributed by atoms with Gasteiger partial charge in [0.15, 0.2) is 0 Å². The molecule has 3 nitrogen and oxygen atoms in total. The zero-order chi connectivity index (χ0) is 45.4. The Kier molecular flexibility index (Phi) is 9.45. The summed E-state index contributed by atoms with van der Waals surface area (Å²) < 4.78 is 64.2. The molecule has 56 heavy (non-hydrogen) atoms. The number of hydrogen-bond donors (Lipinski definition) is 0. The van der Waals surface area contributed by atoms with Crippen LogP contribution in [0.15, 0.2) is 108 Å². The van der Waals surface area contributed by atoms with Crippen molar-refractivity contribution >= 4 is 56.7 Å². The second kappa shape index (κ2) is 16.2. The molecule has 0 aliphatic carbocycles. The number of aromatic nitrogens is 2. The summed E-state index contributed by atoms with van der Waals surface area (Å²) in [5.74, 6) is -1.50. The Morgan fingerprint density at radius 3 is 2.25 bits per heavy atom. The standard InChI is InChI=1S/C33H30NO.C18H24NSi.Ir/c1-20(2)22-14-15-34-29(17-22)26-13-12-24(19-33(3,4)5)31-28-16-23-11-10-21-8-6-7-9-25(21)27(23)18-30(28)35-32(26)31;1-13(2)16-11-17(15-9-7-14(3)8-10-15)19-12-18(16)20(4,5)6;/h6-12,14-18,20H,19H2,1-5H3;7-9,11-13H,1-6H3;/q2*-1;/i19D2,20D;3D3,13D;. The van der Waals surface area contributed by atoms with E-state index in [2.05, 4.69) is 78.1 Å². The van der Waals surface area contributed by atoms with Gasteiger partial charge in [0.1, 0.15) is 5.58 Å². The molecule has 0 amide bonds. The summed E-state index contributed by atoms with van der Waals surface area (Å²) in [6.07, 6.45) is 1.96. The molecule has 0 aliphatic heterocycles. The maximum absolute atomic E-state index is 9.14. The molecule has 0 N–H and O–H groups in total. The van der Waals surface area contributed by atoms with E-state index in [0.717, 1.165) is 54.7 Å². The molecule has 0 bridgehead atoms. The number of benzene rings is 5. The molecule has 3 heterocycles. The van der Waals surface area contributed by atoms with E-state index < -0.39 is 38.5 Å². The molecule has 0 fully saturated rings. The van der Waals surface area contributed by atoms with Gasteiger partial charge in [0.2, 0.25) is 0 Å². The number of rotatable bonds is 6. The Labute approximate surface area is 358 Å². The number of pyridine rings is 2. The monoisotopic (exact) mass is 938 g/mol. The van der Waals surface area contributed by atoms with Crippen molar-refractivity contribution in [3.05, 3.63) is 138 Å². The molecule has 0 saturated carbocycles. The van der Waals surface area contributed by atoms with E-state index in [1.807, 2.05) is 85.0 Å². The zero-order valence-corrected chi connectivity index (χ0v) is 37.3. The maximum Gasteiger partial charge on any atom is 0.121 e. The maximum atomic E-state index is 9.14. The van der Waals surface area contributed by atoms with Gasteiger partial charge in [0.25, 0.3) is 0 Å². The second-order valence-electron chi connectivity index (χ2n) is 16.9. The summed E-state index contributed by atoms with van der Waals surface area (Å²) in [6, 6.07) is 35.4. The van der Waals surface area contributed by atoms with Gasteiger partial charge >= 0.3 is 0 Å². The average Bonchev–Trinajstić information content (AvgIpc) is 3.56. The molecule has 8 rings (SSSR count). The van der Waals surface area contributed by atoms with Crippen LogP contribution in [0.2, 0.25) is 19.6 Å². The van der Waals surface area contributed by atoms with E-state index in [0.29, 0.717) is 28.0 Å². The molecule has 5 heteroatoms. The van der Waals surface area contributed by atoms with Crippen LogP contribution in [0.4, 0.5) is 0 Å². The predicted molar refractivity (Wildman–Crippen MR) is 238 cm³/mol. The Morgan fingerprint density at radius 2 is 1.57 bits per heavy atom. The summed E-state index contributed by atoms with van der Waals surface area (Å²) in [4.78, 5) is 9.17. The zero-order valence-electron chi connectivity index (χ0n) is 41.0. The summed E-state index contributed by atoms with van der Waals surface area (Å²) >= 11 is 0. The largest absolute Gasteiger partial charge is 0.501 e. The number of nitrogens with zero attached hydrogens (tertiary/aromatic N) is 2. The minimum atomic E-state index is -2.13. The van der Waals surface area contributed by atoms with Gasteiger partial charge in [-0.05, 0) is 73.5 Å². The number of furan rings is 1. The third-order valence-electron chi connectivity index (χ3n) is 9.85. The molecule has 0 aliphatic rings. The normalized spacial score (nSPS) is 14.8. The van der Waals surface area contributed by atoms with Crippen LogP contribution in [0.1, 0.15) is 92.1 Å². The van der Waals surface area contributed by atoms with E-state index in [-0.39, 0.29) is 25.7 Å². The van der Waals surface area contributed by atoms with Crippen molar-refractivity contribution in [3.63, 3.8) is 0 Å². The Balaban J connectivity index is 0.000000229. The molecule has 289 valence electrons. The van der Waals surface area contributed by atoms with E-state index in [1.165, 1.54) is 11.3 Å². The minimum absolute atomic E-state index is 0. The van der Waals surface area contributed by atoms with Crippen LogP contribution in [0.3, 0.4) is 0 Å². The van der Waals surface area contributed by atoms with Crippen LogP contribution in [0, 0.1) is 24.4 Å². The number of hydrogen-bond acceptors (Lipinski definition) is 3. The predicted octanol–water partition coefficient (Wildman–Crippen LogP) is 14.0. The third kappa shape index (κ3) is 8.61. The van der Waals surface area contributed by atoms with Gasteiger partial charge in [-0.3, -0.25) is 0 Å². The third-order valence-corrected chi connectivity index (χ3v) is 11.9. The molecule has 5 aromatic carbocycles. The van der Waals surface area contributed by atoms with Crippen molar-refractivity contribution in [3.8, 4) is 22.5 Å². The average molecular weight is 938 g/mol. The van der Waals surface area contributed by atoms with Crippen LogP contribution in [-0.4, -0.2) is 18.0 Å². The van der Waals surface area contributed by atoms with Crippen LogP contribution in [0.25, 0.3) is 66.0 Å². The first-order valence-corrected chi connectivity index (χ1v) is 22.4. The van der Waals surface area contributed by atoms with Crippen molar-refractivity contribution in [2.45, 2.75) is 93.1 Å². The summed E-state index contributed by atoms with van der Waals surface area (Å²) in [6.45, 7) is 17.8. The smallest absolute Gasteiger partial charge is 0.121 e. The number of fused-ring (bicyclic) bond motifs is 6. The van der Waals surface area contributed by atoms with Crippen molar-refractivity contribution in [1.82, 2.24) is 9.97 Å². The molecule has 0 spiro atoms. The molecule has 0 saturated heterocycles. The first kappa shape index (κ1) is 32.6. The number of aryl methyl sites for hydroxylation is 1. The Hall–Kier alpha value is -4.41. The fourth-order valence-electron chi connectivity index (χ4n) is 7.09. The van der Waals surface area contributed by atoms with E-state index >= 15 is 0 Å². The summed E-state index contributed by atoms with van der Waals surface area (Å²) in [5.41, 5.74) is 6.07. The SMILES string of the molecule is [2H]C(C)(C)c1ccnc(-c2[c-]cc(C([2H])([2H])C(C)(C)C)c3c2oc2cc4c(ccc5ccccc54)cc23)c1.[2H]C([2H])([2H])c1c[c-]c(-c2cc(C([2H])(C)C)c([Si](C)(C)C)cn2)cc1.[Ir].